The van der Waals surface area contributed by atoms with Gasteiger partial charge in [-0.25, -0.2) is 0 Å². The van der Waals surface area contributed by atoms with Crippen molar-refractivity contribution in [2.75, 3.05) is 12.4 Å². The SMILES string of the molecule is C#CC(=O)N1[C@@H](CCCC)Cc2cc(OC)ccc2[C@@H]1c1cccc(NC23CC4CC(CC(C4)C2)C3)c1. The van der Waals surface area contributed by atoms with Crippen LogP contribution in [-0.4, -0.2) is 29.5 Å². The topological polar surface area (TPSA) is 41.6 Å². The van der Waals surface area contributed by atoms with Crippen molar-refractivity contribution in [1.82, 2.24) is 4.90 Å². The Morgan fingerprint density at radius 2 is 1.84 bits per heavy atom. The molecule has 4 saturated carbocycles. The van der Waals surface area contributed by atoms with Gasteiger partial charge >= 0.3 is 0 Å². The quantitative estimate of drug-likeness (QED) is 0.432. The fourth-order valence-corrected chi connectivity index (χ4v) is 8.60. The van der Waals surface area contributed by atoms with Gasteiger partial charge in [0.2, 0.25) is 0 Å². The van der Waals surface area contributed by atoms with E-state index in [4.69, 9.17) is 11.2 Å². The number of carbonyl (C=O) groups is 1. The molecule has 0 spiro atoms. The Kier molecular flexibility index (Phi) is 6.43. The second-order valence-electron chi connectivity index (χ2n) is 12.3. The molecule has 2 aromatic rings. The first kappa shape index (κ1) is 24.4. The first-order chi connectivity index (χ1) is 18.0. The van der Waals surface area contributed by atoms with Crippen LogP contribution in [0.2, 0.25) is 0 Å². The molecule has 0 unspecified atom stereocenters. The van der Waals surface area contributed by atoms with Gasteiger partial charge in [0.05, 0.1) is 13.2 Å². The summed E-state index contributed by atoms with van der Waals surface area (Å²) in [5.74, 6) is 5.79. The highest BCUT2D eigenvalue weighted by Gasteiger charge is 2.51. The molecule has 2 atom stereocenters. The van der Waals surface area contributed by atoms with Crippen LogP contribution in [0.4, 0.5) is 5.69 Å². The molecular weight excluding hydrogens is 456 g/mol. The van der Waals surface area contributed by atoms with E-state index in [1.165, 1.54) is 49.8 Å². The zero-order valence-corrected chi connectivity index (χ0v) is 22.3. The van der Waals surface area contributed by atoms with Crippen LogP contribution >= 0.6 is 0 Å². The Morgan fingerprint density at radius 1 is 1.11 bits per heavy atom. The largest absolute Gasteiger partial charge is 0.497 e. The summed E-state index contributed by atoms with van der Waals surface area (Å²) in [6, 6.07) is 15.0. The van der Waals surface area contributed by atoms with Gasteiger partial charge in [0.15, 0.2) is 0 Å². The maximum atomic E-state index is 13.3. The molecule has 4 aliphatic carbocycles. The second kappa shape index (κ2) is 9.75. The van der Waals surface area contributed by atoms with Crippen LogP contribution in [0.5, 0.6) is 5.75 Å². The van der Waals surface area contributed by atoms with Crippen molar-refractivity contribution in [3.8, 4) is 18.1 Å². The summed E-state index contributed by atoms with van der Waals surface area (Å²) >= 11 is 0. The number of nitrogens with zero attached hydrogens (tertiary/aromatic N) is 1. The van der Waals surface area contributed by atoms with E-state index in [1.807, 2.05) is 11.0 Å². The Balaban J connectivity index is 1.38. The van der Waals surface area contributed by atoms with Crippen molar-refractivity contribution >= 4 is 11.6 Å². The molecule has 4 bridgehead atoms. The summed E-state index contributed by atoms with van der Waals surface area (Å²) in [4.78, 5) is 15.3. The van der Waals surface area contributed by atoms with E-state index in [2.05, 4.69) is 54.6 Å². The molecule has 5 aliphatic rings. The Labute approximate surface area is 222 Å². The minimum atomic E-state index is -0.216. The first-order valence-electron chi connectivity index (χ1n) is 14.3. The summed E-state index contributed by atoms with van der Waals surface area (Å²) in [5.41, 5.74) is 4.96. The van der Waals surface area contributed by atoms with E-state index in [0.29, 0.717) is 0 Å². The lowest BCUT2D eigenvalue weighted by atomic mass is 9.53. The predicted octanol–water partition coefficient (Wildman–Crippen LogP) is 6.74. The fraction of sp³-hybridized carbons (Fsp3) is 0.545. The van der Waals surface area contributed by atoms with Crippen LogP contribution in [0.25, 0.3) is 0 Å². The molecule has 2 aromatic carbocycles. The molecule has 194 valence electrons. The van der Waals surface area contributed by atoms with E-state index in [9.17, 15) is 4.79 Å². The van der Waals surface area contributed by atoms with Crippen LogP contribution in [0.3, 0.4) is 0 Å². The number of unbranched alkanes of at least 4 members (excludes halogenated alkanes) is 1. The highest BCUT2D eigenvalue weighted by molar-refractivity contribution is 5.94. The molecule has 1 heterocycles. The predicted molar refractivity (Wildman–Crippen MR) is 149 cm³/mol. The van der Waals surface area contributed by atoms with Crippen molar-refractivity contribution < 1.29 is 9.53 Å². The molecular formula is C33H40N2O2. The number of rotatable bonds is 7. The van der Waals surface area contributed by atoms with Gasteiger partial charge in [-0.2, -0.15) is 0 Å². The van der Waals surface area contributed by atoms with Crippen LogP contribution < -0.4 is 10.1 Å². The van der Waals surface area contributed by atoms with Crippen LogP contribution in [0.1, 0.15) is 87.4 Å². The standard InChI is InChI=1S/C33H40N2O2/c1-4-6-10-28-17-26-18-29(37-3)11-12-30(26)32(35(28)31(36)5-2)25-8-7-9-27(16-25)34-33-19-22-13-23(20-33)15-24(14-22)21-33/h2,7-9,11-12,16,18,22-24,28,32,34H,4,6,10,13-15,17,19-21H2,1,3H3/t22?,23?,24?,28-,32-,33?/m0/s1. The molecule has 4 nitrogen and oxygen atoms in total. The lowest BCUT2D eigenvalue weighted by Gasteiger charge is -2.57. The maximum absolute atomic E-state index is 13.3. The van der Waals surface area contributed by atoms with E-state index in [1.54, 1.807) is 7.11 Å². The van der Waals surface area contributed by atoms with E-state index < -0.39 is 0 Å². The molecule has 4 fully saturated rings. The number of carbonyl (C=O) groups excluding carboxylic acids is 1. The number of methoxy groups -OCH3 is 1. The monoisotopic (exact) mass is 496 g/mol. The highest BCUT2D eigenvalue weighted by Crippen LogP contribution is 2.56. The number of terminal acetylenes is 1. The summed E-state index contributed by atoms with van der Waals surface area (Å²) in [6.07, 6.45) is 17.9. The van der Waals surface area contributed by atoms with Crippen molar-refractivity contribution in [1.29, 1.82) is 0 Å². The molecule has 4 heteroatoms. The van der Waals surface area contributed by atoms with Gasteiger partial charge in [0.25, 0.3) is 5.91 Å². The summed E-state index contributed by atoms with van der Waals surface area (Å²) < 4.78 is 5.56. The Morgan fingerprint density at radius 3 is 2.49 bits per heavy atom. The smallest absolute Gasteiger partial charge is 0.299 e. The number of nitrogens with one attached hydrogen (secondary N) is 1. The number of ether oxygens (including phenoxy) is 1. The average molecular weight is 497 g/mol. The van der Waals surface area contributed by atoms with E-state index in [-0.39, 0.29) is 23.5 Å². The third-order valence-corrected chi connectivity index (χ3v) is 9.67. The number of benzene rings is 2. The van der Waals surface area contributed by atoms with Gasteiger partial charge in [-0.15, -0.1) is 6.42 Å². The van der Waals surface area contributed by atoms with E-state index >= 15 is 0 Å². The normalized spacial score (nSPS) is 31.5. The van der Waals surface area contributed by atoms with Crippen LogP contribution in [0.15, 0.2) is 42.5 Å². The number of fused-ring (bicyclic) bond motifs is 1. The number of hydrogen-bond acceptors (Lipinski definition) is 3. The minimum Gasteiger partial charge on any atom is -0.497 e. The lowest BCUT2D eigenvalue weighted by molar-refractivity contribution is -0.130. The Hall–Kier alpha value is -2.93. The minimum absolute atomic E-state index is 0.0767. The van der Waals surface area contributed by atoms with Gasteiger partial charge in [-0.3, -0.25) is 4.79 Å². The van der Waals surface area contributed by atoms with Crippen molar-refractivity contribution in [2.24, 2.45) is 17.8 Å². The number of anilines is 1. The highest BCUT2D eigenvalue weighted by atomic mass is 16.5. The zero-order chi connectivity index (χ0) is 25.6. The molecule has 0 saturated heterocycles. The van der Waals surface area contributed by atoms with Gasteiger partial charge in [-0.1, -0.05) is 38.0 Å². The molecule has 37 heavy (non-hydrogen) atoms. The summed E-state index contributed by atoms with van der Waals surface area (Å²) in [7, 11) is 1.71. The van der Waals surface area contributed by atoms with Crippen LogP contribution in [-0.2, 0) is 11.2 Å². The first-order valence-corrected chi connectivity index (χ1v) is 14.3. The average Bonchev–Trinajstić information content (AvgIpc) is 2.89. The number of amides is 1. The molecule has 1 aliphatic heterocycles. The van der Waals surface area contributed by atoms with Gasteiger partial charge in [-0.05, 0) is 116 Å². The molecule has 7 rings (SSSR count). The zero-order valence-electron chi connectivity index (χ0n) is 22.3. The number of hydrogen-bond donors (Lipinski definition) is 1. The maximum Gasteiger partial charge on any atom is 0.299 e. The van der Waals surface area contributed by atoms with Gasteiger partial charge in [0, 0.05) is 17.3 Å². The molecule has 0 aromatic heterocycles. The van der Waals surface area contributed by atoms with Crippen molar-refractivity contribution in [2.45, 2.75) is 88.8 Å². The van der Waals surface area contributed by atoms with Crippen LogP contribution in [0, 0.1) is 30.1 Å². The van der Waals surface area contributed by atoms with Crippen molar-refractivity contribution in [3.05, 3.63) is 59.2 Å². The van der Waals surface area contributed by atoms with Crippen molar-refractivity contribution in [3.63, 3.8) is 0 Å². The molecule has 0 radical (unpaired) electrons. The van der Waals surface area contributed by atoms with E-state index in [0.717, 1.165) is 60.3 Å². The summed E-state index contributed by atoms with van der Waals surface area (Å²) in [5, 5.41) is 4.05. The lowest BCUT2D eigenvalue weighted by Crippen LogP contribution is -2.54. The molecule has 1 amide bonds. The van der Waals surface area contributed by atoms with Gasteiger partial charge in [0.1, 0.15) is 5.75 Å². The fourth-order valence-electron chi connectivity index (χ4n) is 8.60. The Bertz CT molecular complexity index is 1180. The third kappa shape index (κ3) is 4.52. The van der Waals surface area contributed by atoms with Gasteiger partial charge < -0.3 is 15.0 Å². The second-order valence-corrected chi connectivity index (χ2v) is 12.3. The third-order valence-electron chi connectivity index (χ3n) is 9.67. The summed E-state index contributed by atoms with van der Waals surface area (Å²) in [6.45, 7) is 2.20. The molecule has 1 N–H and O–H groups in total.